The van der Waals surface area contributed by atoms with E-state index < -0.39 is 0 Å². The van der Waals surface area contributed by atoms with E-state index in [4.69, 9.17) is 14.2 Å². The average molecular weight is 371 g/mol. The van der Waals surface area contributed by atoms with Crippen molar-refractivity contribution in [2.24, 2.45) is 0 Å². The molecule has 7 nitrogen and oxygen atoms in total. The van der Waals surface area contributed by atoms with Crippen molar-refractivity contribution in [2.75, 3.05) is 26.6 Å². The molecule has 0 aliphatic heterocycles. The van der Waals surface area contributed by atoms with Crippen molar-refractivity contribution in [3.63, 3.8) is 0 Å². The van der Waals surface area contributed by atoms with Crippen LogP contribution in [0.3, 0.4) is 0 Å². The number of nitrogens with zero attached hydrogens (tertiary/aromatic N) is 2. The zero-order valence-corrected chi connectivity index (χ0v) is 15.3. The van der Waals surface area contributed by atoms with Gasteiger partial charge in [-0.2, -0.15) is 0 Å². The van der Waals surface area contributed by atoms with E-state index in [1.54, 1.807) is 29.9 Å². The number of amides is 1. The number of aromatic nitrogens is 2. The first kappa shape index (κ1) is 17.7. The molecule has 2 aromatic heterocycles. The van der Waals surface area contributed by atoms with Crippen LogP contribution in [0.25, 0.3) is 10.6 Å². The smallest absolute Gasteiger partial charge is 0.275 e. The van der Waals surface area contributed by atoms with E-state index in [0.717, 1.165) is 10.6 Å². The van der Waals surface area contributed by atoms with Gasteiger partial charge in [-0.1, -0.05) is 0 Å². The van der Waals surface area contributed by atoms with E-state index >= 15 is 0 Å². The maximum absolute atomic E-state index is 12.5. The van der Waals surface area contributed by atoms with Gasteiger partial charge in [0.05, 0.1) is 21.3 Å². The van der Waals surface area contributed by atoms with Crippen LogP contribution in [-0.2, 0) is 0 Å². The molecule has 26 heavy (non-hydrogen) atoms. The molecule has 0 bridgehead atoms. The number of pyridine rings is 1. The fourth-order valence-corrected chi connectivity index (χ4v) is 3.14. The molecule has 3 rings (SSSR count). The number of carbonyl (C=O) groups excluding carboxylic acids is 1. The Morgan fingerprint density at radius 1 is 1.12 bits per heavy atom. The Morgan fingerprint density at radius 3 is 2.42 bits per heavy atom. The van der Waals surface area contributed by atoms with Gasteiger partial charge < -0.3 is 19.5 Å². The molecule has 134 valence electrons. The maximum atomic E-state index is 12.5. The lowest BCUT2D eigenvalue weighted by Gasteiger charge is -2.14. The first-order valence-corrected chi connectivity index (χ1v) is 8.51. The van der Waals surface area contributed by atoms with Gasteiger partial charge in [-0.15, -0.1) is 11.3 Å². The molecule has 0 aliphatic rings. The number of ether oxygens (including phenoxy) is 3. The first-order valence-electron chi connectivity index (χ1n) is 7.63. The number of hydrogen-bond acceptors (Lipinski definition) is 7. The van der Waals surface area contributed by atoms with Crippen molar-refractivity contribution in [1.82, 2.24) is 9.97 Å². The summed E-state index contributed by atoms with van der Waals surface area (Å²) in [7, 11) is 4.56. The van der Waals surface area contributed by atoms with Gasteiger partial charge in [-0.3, -0.25) is 9.78 Å². The lowest BCUT2D eigenvalue weighted by Crippen LogP contribution is -2.12. The SMILES string of the molecule is COc1cc(NC(=O)c2csc(-c3cccnc3)n2)cc(OC)c1OC. The van der Waals surface area contributed by atoms with Crippen LogP contribution in [0.15, 0.2) is 42.0 Å². The third-order valence-electron chi connectivity index (χ3n) is 3.57. The number of benzene rings is 1. The molecule has 8 heteroatoms. The fraction of sp³-hybridized carbons (Fsp3) is 0.167. The minimum Gasteiger partial charge on any atom is -0.493 e. The van der Waals surface area contributed by atoms with Crippen LogP contribution in [0, 0.1) is 0 Å². The van der Waals surface area contributed by atoms with Gasteiger partial charge >= 0.3 is 0 Å². The molecule has 1 aromatic carbocycles. The van der Waals surface area contributed by atoms with Crippen LogP contribution in [0.2, 0.25) is 0 Å². The quantitative estimate of drug-likeness (QED) is 0.714. The Hall–Kier alpha value is -3.13. The summed E-state index contributed by atoms with van der Waals surface area (Å²) in [5.74, 6) is 1.04. The Labute approximate surface area is 154 Å². The first-order chi connectivity index (χ1) is 12.7. The highest BCUT2D eigenvalue weighted by atomic mass is 32.1. The molecule has 0 aliphatic carbocycles. The van der Waals surface area contributed by atoms with Crippen LogP contribution in [0.5, 0.6) is 17.2 Å². The van der Waals surface area contributed by atoms with Gasteiger partial charge in [-0.05, 0) is 12.1 Å². The number of nitrogens with one attached hydrogen (secondary N) is 1. The molecule has 0 radical (unpaired) electrons. The van der Waals surface area contributed by atoms with Crippen molar-refractivity contribution >= 4 is 22.9 Å². The van der Waals surface area contributed by atoms with Gasteiger partial charge in [0.15, 0.2) is 11.5 Å². The average Bonchev–Trinajstić information content (AvgIpc) is 3.18. The zero-order chi connectivity index (χ0) is 18.5. The fourth-order valence-electron chi connectivity index (χ4n) is 2.35. The van der Waals surface area contributed by atoms with E-state index in [9.17, 15) is 4.79 Å². The number of methoxy groups -OCH3 is 3. The molecule has 0 unspecified atom stereocenters. The van der Waals surface area contributed by atoms with Crippen molar-refractivity contribution in [3.05, 3.63) is 47.7 Å². The largest absolute Gasteiger partial charge is 0.493 e. The maximum Gasteiger partial charge on any atom is 0.275 e. The second-order valence-electron chi connectivity index (χ2n) is 5.15. The van der Waals surface area contributed by atoms with Gasteiger partial charge in [0.1, 0.15) is 10.7 Å². The van der Waals surface area contributed by atoms with Gasteiger partial charge in [-0.25, -0.2) is 4.98 Å². The second kappa shape index (κ2) is 7.83. The Kier molecular flexibility index (Phi) is 5.33. The van der Waals surface area contributed by atoms with Crippen LogP contribution in [0.4, 0.5) is 5.69 Å². The highest BCUT2D eigenvalue weighted by molar-refractivity contribution is 7.13. The molecule has 0 saturated carbocycles. The van der Waals surface area contributed by atoms with Crippen molar-refractivity contribution < 1.29 is 19.0 Å². The summed E-state index contributed by atoms with van der Waals surface area (Å²) in [6.45, 7) is 0. The highest BCUT2D eigenvalue weighted by Gasteiger charge is 2.17. The van der Waals surface area contributed by atoms with Gasteiger partial charge in [0.2, 0.25) is 5.75 Å². The molecule has 2 heterocycles. The third kappa shape index (κ3) is 3.60. The predicted octanol–water partition coefficient (Wildman–Crippen LogP) is 3.48. The second-order valence-corrected chi connectivity index (χ2v) is 6.01. The lowest BCUT2D eigenvalue weighted by molar-refractivity contribution is 0.102. The summed E-state index contributed by atoms with van der Waals surface area (Å²) in [5, 5.41) is 5.23. The molecule has 1 N–H and O–H groups in total. The summed E-state index contributed by atoms with van der Waals surface area (Å²) in [5.41, 5.74) is 1.70. The highest BCUT2D eigenvalue weighted by Crippen LogP contribution is 2.40. The molecular formula is C18H17N3O4S. The molecule has 1 amide bonds. The van der Waals surface area contributed by atoms with Crippen LogP contribution in [0.1, 0.15) is 10.5 Å². The molecule has 0 fully saturated rings. The Morgan fingerprint density at radius 2 is 1.85 bits per heavy atom. The molecular weight excluding hydrogens is 354 g/mol. The number of rotatable bonds is 6. The minimum absolute atomic E-state index is 0.322. The Bertz CT molecular complexity index is 887. The van der Waals surface area contributed by atoms with Crippen molar-refractivity contribution in [2.45, 2.75) is 0 Å². The standard InChI is InChI=1S/C18H17N3O4S/c1-23-14-7-12(8-15(24-2)16(14)25-3)20-17(22)13-10-26-18(21-13)11-5-4-6-19-9-11/h4-10H,1-3H3,(H,20,22). The Balaban J connectivity index is 1.83. The molecule has 0 spiro atoms. The van der Waals surface area contributed by atoms with E-state index in [-0.39, 0.29) is 5.91 Å². The van der Waals surface area contributed by atoms with Gasteiger partial charge in [0.25, 0.3) is 5.91 Å². The number of thiazole rings is 1. The molecule has 0 atom stereocenters. The molecule has 0 saturated heterocycles. The van der Waals surface area contributed by atoms with Crippen molar-refractivity contribution in [3.8, 4) is 27.8 Å². The van der Waals surface area contributed by atoms with E-state index in [1.165, 1.54) is 32.7 Å². The summed E-state index contributed by atoms with van der Waals surface area (Å²) in [6.07, 6.45) is 3.40. The van der Waals surface area contributed by atoms with E-state index in [1.807, 2.05) is 12.1 Å². The zero-order valence-electron chi connectivity index (χ0n) is 14.5. The lowest BCUT2D eigenvalue weighted by atomic mass is 10.2. The third-order valence-corrected chi connectivity index (χ3v) is 4.46. The van der Waals surface area contributed by atoms with Gasteiger partial charge in [0, 0.05) is 41.2 Å². The number of carbonyl (C=O) groups is 1. The van der Waals surface area contributed by atoms with Crippen LogP contribution >= 0.6 is 11.3 Å². The summed E-state index contributed by atoms with van der Waals surface area (Å²) in [6, 6.07) is 7.04. The molecule has 3 aromatic rings. The predicted molar refractivity (Wildman–Crippen MR) is 99.4 cm³/mol. The van der Waals surface area contributed by atoms with Crippen LogP contribution in [-0.4, -0.2) is 37.2 Å². The summed E-state index contributed by atoms with van der Waals surface area (Å²) < 4.78 is 15.9. The number of hydrogen-bond donors (Lipinski definition) is 1. The van der Waals surface area contributed by atoms with E-state index in [0.29, 0.717) is 28.6 Å². The van der Waals surface area contributed by atoms with Crippen molar-refractivity contribution in [1.29, 1.82) is 0 Å². The summed E-state index contributed by atoms with van der Waals surface area (Å²) in [4.78, 5) is 21.0. The monoisotopic (exact) mass is 371 g/mol. The summed E-state index contributed by atoms with van der Waals surface area (Å²) >= 11 is 1.38. The number of anilines is 1. The normalized spacial score (nSPS) is 10.3. The van der Waals surface area contributed by atoms with Crippen LogP contribution < -0.4 is 19.5 Å². The van der Waals surface area contributed by atoms with E-state index in [2.05, 4.69) is 15.3 Å². The minimum atomic E-state index is -0.328. The topological polar surface area (TPSA) is 82.6 Å².